The first kappa shape index (κ1) is 13.9. The van der Waals surface area contributed by atoms with Gasteiger partial charge in [0.05, 0.1) is 6.10 Å². The Morgan fingerprint density at radius 3 is 2.21 bits per heavy atom. The first-order valence-electron chi connectivity index (χ1n) is 8.77. The van der Waals surface area contributed by atoms with Crippen molar-refractivity contribution in [3.05, 3.63) is 0 Å². The molecule has 2 saturated carbocycles. The summed E-state index contributed by atoms with van der Waals surface area (Å²) >= 11 is 0. The van der Waals surface area contributed by atoms with Crippen LogP contribution in [0.5, 0.6) is 0 Å². The lowest BCUT2D eigenvalue weighted by molar-refractivity contribution is -0.0118. The second-order valence-corrected chi connectivity index (χ2v) is 7.21. The number of rotatable bonds is 1. The summed E-state index contributed by atoms with van der Waals surface area (Å²) in [7, 11) is 0. The Morgan fingerprint density at radius 1 is 0.684 bits per heavy atom. The van der Waals surface area contributed by atoms with Crippen molar-refractivity contribution < 1.29 is 5.11 Å². The normalized spacial score (nSPS) is 42.2. The summed E-state index contributed by atoms with van der Waals surface area (Å²) < 4.78 is 0. The van der Waals surface area contributed by atoms with Crippen molar-refractivity contribution in [3.8, 4) is 0 Å². The standard InChI is InChI=1S/C17H31NO/c19-17-10-4-2-1-3-9-16(17)18-12-11-14-7-5-6-8-15(14)13-18/h14-17,19H,1-13H2. The van der Waals surface area contributed by atoms with Crippen molar-refractivity contribution in [2.24, 2.45) is 11.8 Å². The van der Waals surface area contributed by atoms with Crippen LogP contribution >= 0.6 is 0 Å². The Kier molecular flexibility index (Phi) is 4.81. The maximum atomic E-state index is 10.5. The second-order valence-electron chi connectivity index (χ2n) is 7.21. The molecular weight excluding hydrogens is 234 g/mol. The minimum atomic E-state index is -0.0551. The predicted molar refractivity (Wildman–Crippen MR) is 79.1 cm³/mol. The van der Waals surface area contributed by atoms with E-state index in [1.807, 2.05) is 0 Å². The van der Waals surface area contributed by atoms with Crippen LogP contribution < -0.4 is 0 Å². The summed E-state index contributed by atoms with van der Waals surface area (Å²) in [5, 5.41) is 10.5. The molecule has 0 bridgehead atoms. The molecule has 2 aliphatic carbocycles. The van der Waals surface area contributed by atoms with E-state index >= 15 is 0 Å². The summed E-state index contributed by atoms with van der Waals surface area (Å²) in [5.41, 5.74) is 0. The molecule has 4 atom stereocenters. The number of nitrogens with zero attached hydrogens (tertiary/aromatic N) is 1. The largest absolute Gasteiger partial charge is 0.391 e. The zero-order chi connectivity index (χ0) is 13.1. The van der Waals surface area contributed by atoms with Gasteiger partial charge in [-0.1, -0.05) is 44.9 Å². The fourth-order valence-corrected chi connectivity index (χ4v) is 4.80. The predicted octanol–water partition coefficient (Wildman–Crippen LogP) is 3.58. The van der Waals surface area contributed by atoms with Crippen molar-refractivity contribution in [1.29, 1.82) is 0 Å². The molecule has 2 nitrogen and oxygen atoms in total. The van der Waals surface area contributed by atoms with Crippen molar-refractivity contribution in [2.75, 3.05) is 13.1 Å². The van der Waals surface area contributed by atoms with Crippen LogP contribution in [0.4, 0.5) is 0 Å². The smallest absolute Gasteiger partial charge is 0.0695 e. The lowest BCUT2D eigenvalue weighted by Crippen LogP contribution is -2.51. The molecule has 0 radical (unpaired) electrons. The van der Waals surface area contributed by atoms with Gasteiger partial charge in [0.2, 0.25) is 0 Å². The highest BCUT2D eigenvalue weighted by Crippen LogP contribution is 2.37. The lowest BCUT2D eigenvalue weighted by atomic mass is 9.74. The van der Waals surface area contributed by atoms with Gasteiger partial charge in [-0.15, -0.1) is 0 Å². The molecule has 0 aromatic rings. The fraction of sp³-hybridized carbons (Fsp3) is 1.00. The summed E-state index contributed by atoms with van der Waals surface area (Å²) in [4.78, 5) is 2.67. The molecule has 110 valence electrons. The van der Waals surface area contributed by atoms with Crippen LogP contribution in [0, 0.1) is 11.8 Å². The molecule has 3 rings (SSSR count). The fourth-order valence-electron chi connectivity index (χ4n) is 4.80. The van der Waals surface area contributed by atoms with E-state index in [-0.39, 0.29) is 6.10 Å². The lowest BCUT2D eigenvalue weighted by Gasteiger charge is -2.46. The number of hydrogen-bond donors (Lipinski definition) is 1. The Hall–Kier alpha value is -0.0800. The number of aliphatic hydroxyl groups is 1. The van der Waals surface area contributed by atoms with Gasteiger partial charge in [0.15, 0.2) is 0 Å². The van der Waals surface area contributed by atoms with Crippen LogP contribution in [-0.4, -0.2) is 35.2 Å². The summed E-state index contributed by atoms with van der Waals surface area (Å²) in [6.07, 6.45) is 14.7. The number of piperidine rings is 1. The van der Waals surface area contributed by atoms with Crippen LogP contribution in [0.2, 0.25) is 0 Å². The van der Waals surface area contributed by atoms with Crippen LogP contribution in [0.1, 0.15) is 70.6 Å². The minimum Gasteiger partial charge on any atom is -0.391 e. The summed E-state index contributed by atoms with van der Waals surface area (Å²) in [5.74, 6) is 1.95. The third-order valence-corrected chi connectivity index (χ3v) is 5.99. The van der Waals surface area contributed by atoms with E-state index in [1.165, 1.54) is 77.3 Å². The van der Waals surface area contributed by atoms with Crippen LogP contribution in [0.15, 0.2) is 0 Å². The van der Waals surface area contributed by atoms with E-state index in [4.69, 9.17) is 0 Å². The highest BCUT2D eigenvalue weighted by atomic mass is 16.3. The minimum absolute atomic E-state index is 0.0551. The molecular formula is C17H31NO. The monoisotopic (exact) mass is 265 g/mol. The maximum absolute atomic E-state index is 10.5. The summed E-state index contributed by atoms with van der Waals surface area (Å²) in [6.45, 7) is 2.54. The Morgan fingerprint density at radius 2 is 1.37 bits per heavy atom. The van der Waals surface area contributed by atoms with Gasteiger partial charge in [0, 0.05) is 12.6 Å². The third-order valence-electron chi connectivity index (χ3n) is 5.99. The van der Waals surface area contributed by atoms with E-state index in [0.29, 0.717) is 6.04 Å². The van der Waals surface area contributed by atoms with Crippen LogP contribution in [0.25, 0.3) is 0 Å². The molecule has 19 heavy (non-hydrogen) atoms. The van der Waals surface area contributed by atoms with Crippen LogP contribution in [-0.2, 0) is 0 Å². The van der Waals surface area contributed by atoms with E-state index < -0.39 is 0 Å². The second kappa shape index (κ2) is 6.58. The molecule has 1 heterocycles. The van der Waals surface area contributed by atoms with E-state index in [0.717, 1.165) is 18.3 Å². The average molecular weight is 265 g/mol. The van der Waals surface area contributed by atoms with Crippen molar-refractivity contribution in [3.63, 3.8) is 0 Å². The number of fused-ring (bicyclic) bond motifs is 1. The molecule has 4 unspecified atom stereocenters. The maximum Gasteiger partial charge on any atom is 0.0695 e. The number of hydrogen-bond acceptors (Lipinski definition) is 2. The van der Waals surface area contributed by atoms with Gasteiger partial charge >= 0.3 is 0 Å². The topological polar surface area (TPSA) is 23.5 Å². The molecule has 0 aromatic heterocycles. The Labute approximate surface area is 118 Å². The first-order chi connectivity index (χ1) is 9.34. The number of likely N-dealkylation sites (tertiary alicyclic amines) is 1. The van der Waals surface area contributed by atoms with Gasteiger partial charge in [-0.25, -0.2) is 0 Å². The van der Waals surface area contributed by atoms with Crippen molar-refractivity contribution >= 4 is 0 Å². The van der Waals surface area contributed by atoms with Gasteiger partial charge in [0.25, 0.3) is 0 Å². The van der Waals surface area contributed by atoms with Gasteiger partial charge in [-0.05, 0) is 44.1 Å². The van der Waals surface area contributed by atoms with Gasteiger partial charge in [0.1, 0.15) is 0 Å². The molecule has 1 saturated heterocycles. The molecule has 3 aliphatic rings. The van der Waals surface area contributed by atoms with Crippen molar-refractivity contribution in [2.45, 2.75) is 82.8 Å². The van der Waals surface area contributed by atoms with Gasteiger partial charge < -0.3 is 5.11 Å². The third kappa shape index (κ3) is 3.33. The first-order valence-corrected chi connectivity index (χ1v) is 8.77. The van der Waals surface area contributed by atoms with E-state index in [9.17, 15) is 5.11 Å². The highest BCUT2D eigenvalue weighted by Gasteiger charge is 2.35. The van der Waals surface area contributed by atoms with Gasteiger partial charge in [-0.2, -0.15) is 0 Å². The molecule has 0 amide bonds. The Balaban J connectivity index is 1.60. The highest BCUT2D eigenvalue weighted by molar-refractivity contribution is 4.89. The average Bonchev–Trinajstić information content (AvgIpc) is 2.43. The molecule has 0 spiro atoms. The zero-order valence-electron chi connectivity index (χ0n) is 12.4. The van der Waals surface area contributed by atoms with E-state index in [1.54, 1.807) is 0 Å². The van der Waals surface area contributed by atoms with Crippen molar-refractivity contribution in [1.82, 2.24) is 4.90 Å². The zero-order valence-corrected chi connectivity index (χ0v) is 12.4. The molecule has 0 aromatic carbocycles. The SMILES string of the molecule is OC1CCCCCCC1N1CCC2CCCCC2C1. The van der Waals surface area contributed by atoms with Gasteiger partial charge in [-0.3, -0.25) is 4.90 Å². The summed E-state index contributed by atoms with van der Waals surface area (Å²) in [6, 6.07) is 0.475. The molecule has 2 heteroatoms. The van der Waals surface area contributed by atoms with Crippen LogP contribution in [0.3, 0.4) is 0 Å². The molecule has 3 fully saturated rings. The molecule has 1 aliphatic heterocycles. The number of aliphatic hydroxyl groups excluding tert-OH is 1. The quantitative estimate of drug-likeness (QED) is 0.783. The molecule has 1 N–H and O–H groups in total. The Bertz CT molecular complexity index is 280. The van der Waals surface area contributed by atoms with E-state index in [2.05, 4.69) is 4.90 Å².